The summed E-state index contributed by atoms with van der Waals surface area (Å²) >= 11 is 0. The summed E-state index contributed by atoms with van der Waals surface area (Å²) in [6.07, 6.45) is 5.36. The number of nitro groups is 1. The lowest BCUT2D eigenvalue weighted by Crippen LogP contribution is -2.32. The maximum Gasteiger partial charge on any atom is 0.273 e. The number of benzene rings is 1. The van der Waals surface area contributed by atoms with Crippen LogP contribution in [0.5, 0.6) is 0 Å². The van der Waals surface area contributed by atoms with Crippen molar-refractivity contribution in [2.24, 2.45) is 0 Å². The molecule has 0 aromatic heterocycles. The van der Waals surface area contributed by atoms with Gasteiger partial charge in [0.1, 0.15) is 0 Å². The van der Waals surface area contributed by atoms with Gasteiger partial charge >= 0.3 is 0 Å². The monoisotopic (exact) mass is 296 g/mol. The number of hydrogen-bond acceptors (Lipinski definition) is 4. The lowest BCUT2D eigenvalue weighted by molar-refractivity contribution is -0.385. The van der Waals surface area contributed by atoms with E-state index in [0.717, 1.165) is 6.07 Å². The second kappa shape index (κ2) is 6.03. The van der Waals surface area contributed by atoms with Crippen LogP contribution in [-0.4, -0.2) is 19.4 Å². The molecule has 0 spiro atoms. The Balaban J connectivity index is 3.27. The van der Waals surface area contributed by atoms with Crippen molar-refractivity contribution in [2.75, 3.05) is 0 Å². The minimum Gasteiger partial charge on any atom is -0.258 e. The Morgan fingerprint density at radius 2 is 2.05 bits per heavy atom. The van der Waals surface area contributed by atoms with Crippen LogP contribution in [0.15, 0.2) is 17.0 Å². The molecule has 0 aliphatic rings. The fraction of sp³-hybridized carbons (Fsp3) is 0.385. The summed E-state index contributed by atoms with van der Waals surface area (Å²) in [6.45, 7) is 4.84. The minimum atomic E-state index is -3.83. The predicted octanol–water partition coefficient (Wildman–Crippen LogP) is 1.90. The largest absolute Gasteiger partial charge is 0.273 e. The summed E-state index contributed by atoms with van der Waals surface area (Å²) in [7, 11) is -3.83. The molecule has 0 bridgehead atoms. The first-order chi connectivity index (χ1) is 9.19. The van der Waals surface area contributed by atoms with E-state index in [-0.39, 0.29) is 17.0 Å². The van der Waals surface area contributed by atoms with Gasteiger partial charge in [-0.15, -0.1) is 12.3 Å². The molecule has 108 valence electrons. The number of terminal acetylenes is 1. The fourth-order valence-electron chi connectivity index (χ4n) is 1.70. The van der Waals surface area contributed by atoms with Gasteiger partial charge in [0.05, 0.1) is 9.82 Å². The molecule has 0 saturated carbocycles. The Labute approximate surface area is 118 Å². The number of hydrogen-bond donors (Lipinski definition) is 1. The van der Waals surface area contributed by atoms with Crippen molar-refractivity contribution in [3.63, 3.8) is 0 Å². The van der Waals surface area contributed by atoms with Crippen molar-refractivity contribution in [3.8, 4) is 12.3 Å². The van der Waals surface area contributed by atoms with Gasteiger partial charge in [-0.05, 0) is 32.4 Å². The third-order valence-electron chi connectivity index (χ3n) is 2.90. The number of sulfonamides is 1. The Morgan fingerprint density at radius 1 is 1.45 bits per heavy atom. The van der Waals surface area contributed by atoms with E-state index < -0.39 is 21.0 Å². The van der Waals surface area contributed by atoms with Crippen LogP contribution in [0.1, 0.15) is 24.5 Å². The van der Waals surface area contributed by atoms with Crippen molar-refractivity contribution in [3.05, 3.63) is 33.4 Å². The highest BCUT2D eigenvalue weighted by Gasteiger charge is 2.22. The van der Waals surface area contributed by atoms with Gasteiger partial charge in [-0.25, -0.2) is 13.1 Å². The van der Waals surface area contributed by atoms with Crippen molar-refractivity contribution in [1.82, 2.24) is 4.72 Å². The summed E-state index contributed by atoms with van der Waals surface area (Å²) in [4.78, 5) is 10.2. The molecule has 6 nitrogen and oxygen atoms in total. The third-order valence-corrected chi connectivity index (χ3v) is 4.47. The van der Waals surface area contributed by atoms with Crippen LogP contribution < -0.4 is 4.72 Å². The molecule has 0 fully saturated rings. The van der Waals surface area contributed by atoms with Gasteiger partial charge in [0, 0.05) is 24.1 Å². The first kappa shape index (κ1) is 16.1. The maximum absolute atomic E-state index is 12.2. The highest BCUT2D eigenvalue weighted by molar-refractivity contribution is 7.89. The number of aryl methyl sites for hydroxylation is 1. The summed E-state index contributed by atoms with van der Waals surface area (Å²) < 4.78 is 26.7. The Kier molecular flexibility index (Phi) is 4.87. The Bertz CT molecular complexity index is 674. The molecule has 1 atom stereocenters. The van der Waals surface area contributed by atoms with E-state index in [1.54, 1.807) is 20.8 Å². The second-order valence-electron chi connectivity index (χ2n) is 4.57. The first-order valence-electron chi connectivity index (χ1n) is 5.90. The smallest absolute Gasteiger partial charge is 0.258 e. The average Bonchev–Trinajstić information content (AvgIpc) is 2.31. The zero-order chi connectivity index (χ0) is 15.5. The van der Waals surface area contributed by atoms with Gasteiger partial charge in [-0.3, -0.25) is 10.1 Å². The molecule has 1 aromatic carbocycles. The second-order valence-corrected chi connectivity index (χ2v) is 6.29. The number of nitro benzene ring substituents is 1. The first-order valence-corrected chi connectivity index (χ1v) is 7.38. The summed E-state index contributed by atoms with van der Waals surface area (Å²) in [5.41, 5.74) is 0.782. The highest BCUT2D eigenvalue weighted by Crippen LogP contribution is 2.25. The topological polar surface area (TPSA) is 89.3 Å². The van der Waals surface area contributed by atoms with E-state index in [2.05, 4.69) is 10.6 Å². The number of rotatable bonds is 5. The van der Waals surface area contributed by atoms with E-state index in [1.165, 1.54) is 6.07 Å². The number of nitrogens with zero attached hydrogens (tertiary/aromatic N) is 1. The molecular formula is C13H16N2O4S. The standard InChI is InChI=1S/C13H16N2O4S/c1-5-6-10(3)14-20(18,19)12-7-9(2)11(4)13(8-12)15(16)17/h1,7-8,10,14H,6H2,2-4H3. The van der Waals surface area contributed by atoms with Crippen LogP contribution in [0, 0.1) is 36.3 Å². The van der Waals surface area contributed by atoms with Crippen molar-refractivity contribution in [1.29, 1.82) is 0 Å². The molecule has 0 aliphatic heterocycles. The third kappa shape index (κ3) is 3.56. The maximum atomic E-state index is 12.2. The quantitative estimate of drug-likeness (QED) is 0.510. The zero-order valence-electron chi connectivity index (χ0n) is 11.5. The van der Waals surface area contributed by atoms with Crippen LogP contribution in [0.4, 0.5) is 5.69 Å². The lowest BCUT2D eigenvalue weighted by Gasteiger charge is -2.13. The summed E-state index contributed by atoms with van der Waals surface area (Å²) in [5, 5.41) is 10.9. The van der Waals surface area contributed by atoms with Gasteiger partial charge < -0.3 is 0 Å². The molecule has 0 saturated heterocycles. The van der Waals surface area contributed by atoms with Crippen LogP contribution >= 0.6 is 0 Å². The Hall–Kier alpha value is -1.91. The van der Waals surface area contributed by atoms with Gasteiger partial charge in [-0.2, -0.15) is 0 Å². The zero-order valence-corrected chi connectivity index (χ0v) is 12.3. The molecule has 1 unspecified atom stereocenters. The van der Waals surface area contributed by atoms with Crippen LogP contribution in [0.25, 0.3) is 0 Å². The minimum absolute atomic E-state index is 0.129. The van der Waals surface area contributed by atoms with E-state index >= 15 is 0 Å². The predicted molar refractivity (Wildman–Crippen MR) is 75.8 cm³/mol. The summed E-state index contributed by atoms with van der Waals surface area (Å²) in [6, 6.07) is 2.03. The molecule has 0 aliphatic carbocycles. The number of nitrogens with one attached hydrogen (secondary N) is 1. The van der Waals surface area contributed by atoms with E-state index in [4.69, 9.17) is 6.42 Å². The molecule has 0 amide bonds. The summed E-state index contributed by atoms with van der Waals surface area (Å²) in [5.74, 6) is 2.36. The van der Waals surface area contributed by atoms with E-state index in [9.17, 15) is 18.5 Å². The molecule has 1 N–H and O–H groups in total. The van der Waals surface area contributed by atoms with Crippen molar-refractivity contribution in [2.45, 2.75) is 38.1 Å². The average molecular weight is 296 g/mol. The molecule has 1 aromatic rings. The van der Waals surface area contributed by atoms with Gasteiger partial charge in [-0.1, -0.05) is 0 Å². The molecular weight excluding hydrogens is 280 g/mol. The molecule has 0 radical (unpaired) electrons. The van der Waals surface area contributed by atoms with Gasteiger partial charge in [0.25, 0.3) is 5.69 Å². The molecule has 20 heavy (non-hydrogen) atoms. The van der Waals surface area contributed by atoms with Crippen LogP contribution in [0.3, 0.4) is 0 Å². The van der Waals surface area contributed by atoms with E-state index in [0.29, 0.717) is 11.1 Å². The van der Waals surface area contributed by atoms with Gasteiger partial charge in [0.15, 0.2) is 0 Å². The van der Waals surface area contributed by atoms with Crippen LogP contribution in [0.2, 0.25) is 0 Å². The van der Waals surface area contributed by atoms with Crippen LogP contribution in [-0.2, 0) is 10.0 Å². The van der Waals surface area contributed by atoms with E-state index in [1.807, 2.05) is 0 Å². The van der Waals surface area contributed by atoms with Crippen molar-refractivity contribution < 1.29 is 13.3 Å². The molecule has 7 heteroatoms. The fourth-order valence-corrected chi connectivity index (χ4v) is 3.05. The van der Waals surface area contributed by atoms with Crippen molar-refractivity contribution >= 4 is 15.7 Å². The molecule has 1 rings (SSSR count). The Morgan fingerprint density at radius 3 is 2.55 bits per heavy atom. The molecule has 0 heterocycles. The SMILES string of the molecule is C#CCC(C)NS(=O)(=O)c1cc(C)c(C)c([N+](=O)[O-])c1. The normalized spacial score (nSPS) is 12.7. The van der Waals surface area contributed by atoms with Gasteiger partial charge in [0.2, 0.25) is 10.0 Å². The highest BCUT2D eigenvalue weighted by atomic mass is 32.2. The lowest BCUT2D eigenvalue weighted by atomic mass is 10.1.